The Balaban J connectivity index is 1.65. The molecule has 1 aromatic carbocycles. The predicted octanol–water partition coefficient (Wildman–Crippen LogP) is 2.86. The van der Waals surface area contributed by atoms with Gasteiger partial charge in [-0.3, -0.25) is 0 Å². The number of fused-ring (bicyclic) bond motifs is 1. The fourth-order valence-electron chi connectivity index (χ4n) is 2.16. The standard InChI is InChI=1S/C14H20FNOS/c1-18-7-3-2-6-16-10-13-9-11-8-12(15)4-5-14(11)17-13/h4-5,8,13,16H,2-3,6-7,9-10H2,1H3. The molecular formula is C14H20FNOS. The summed E-state index contributed by atoms with van der Waals surface area (Å²) in [6, 6.07) is 4.76. The van der Waals surface area contributed by atoms with Crippen molar-refractivity contribution in [1.29, 1.82) is 0 Å². The molecule has 0 aliphatic carbocycles. The van der Waals surface area contributed by atoms with E-state index in [2.05, 4.69) is 11.6 Å². The maximum Gasteiger partial charge on any atom is 0.123 e. The number of benzene rings is 1. The second-order valence-corrected chi connectivity index (χ2v) is 5.59. The fourth-order valence-corrected chi connectivity index (χ4v) is 2.66. The van der Waals surface area contributed by atoms with Crippen LogP contribution in [-0.2, 0) is 6.42 Å². The van der Waals surface area contributed by atoms with Crippen LogP contribution in [0.2, 0.25) is 0 Å². The van der Waals surface area contributed by atoms with Crippen molar-refractivity contribution < 1.29 is 9.13 Å². The van der Waals surface area contributed by atoms with E-state index in [1.54, 1.807) is 12.1 Å². The highest BCUT2D eigenvalue weighted by Crippen LogP contribution is 2.28. The van der Waals surface area contributed by atoms with Gasteiger partial charge in [-0.1, -0.05) is 0 Å². The topological polar surface area (TPSA) is 21.3 Å². The minimum absolute atomic E-state index is 0.155. The van der Waals surface area contributed by atoms with Crippen molar-refractivity contribution in [3.8, 4) is 5.75 Å². The Morgan fingerprint density at radius 1 is 1.44 bits per heavy atom. The molecule has 1 aliphatic rings. The van der Waals surface area contributed by atoms with Gasteiger partial charge in [-0.2, -0.15) is 11.8 Å². The van der Waals surface area contributed by atoms with Gasteiger partial charge < -0.3 is 10.1 Å². The number of rotatable bonds is 7. The minimum Gasteiger partial charge on any atom is -0.488 e. The molecule has 1 aliphatic heterocycles. The molecule has 4 heteroatoms. The number of ether oxygens (including phenoxy) is 1. The molecule has 0 spiro atoms. The molecule has 2 rings (SSSR count). The van der Waals surface area contributed by atoms with Crippen LogP contribution in [0.1, 0.15) is 18.4 Å². The van der Waals surface area contributed by atoms with Crippen LogP contribution in [-0.4, -0.2) is 31.2 Å². The van der Waals surface area contributed by atoms with Gasteiger partial charge in [0.05, 0.1) is 0 Å². The summed E-state index contributed by atoms with van der Waals surface area (Å²) in [5, 5.41) is 3.41. The summed E-state index contributed by atoms with van der Waals surface area (Å²) < 4.78 is 18.8. The lowest BCUT2D eigenvalue weighted by Gasteiger charge is -2.11. The first kappa shape index (κ1) is 13.7. The third kappa shape index (κ3) is 3.89. The first-order chi connectivity index (χ1) is 8.79. The summed E-state index contributed by atoms with van der Waals surface area (Å²) in [4.78, 5) is 0. The SMILES string of the molecule is CSCCCCNCC1Cc2cc(F)ccc2O1. The van der Waals surface area contributed by atoms with Gasteiger partial charge in [0.1, 0.15) is 17.7 Å². The highest BCUT2D eigenvalue weighted by molar-refractivity contribution is 7.98. The summed E-state index contributed by atoms with van der Waals surface area (Å²) in [7, 11) is 0. The van der Waals surface area contributed by atoms with E-state index in [4.69, 9.17) is 4.74 Å². The lowest BCUT2D eigenvalue weighted by Crippen LogP contribution is -2.30. The molecule has 2 nitrogen and oxygen atoms in total. The van der Waals surface area contributed by atoms with Gasteiger partial charge in [0.2, 0.25) is 0 Å². The molecule has 0 saturated carbocycles. The summed E-state index contributed by atoms with van der Waals surface area (Å²) >= 11 is 1.89. The summed E-state index contributed by atoms with van der Waals surface area (Å²) in [5.74, 6) is 1.89. The zero-order valence-electron chi connectivity index (χ0n) is 10.7. The molecular weight excluding hydrogens is 249 g/mol. The molecule has 0 saturated heterocycles. The van der Waals surface area contributed by atoms with Gasteiger partial charge in [-0.25, -0.2) is 4.39 Å². The van der Waals surface area contributed by atoms with E-state index in [1.807, 2.05) is 11.8 Å². The van der Waals surface area contributed by atoms with Crippen molar-refractivity contribution >= 4 is 11.8 Å². The van der Waals surface area contributed by atoms with Crippen molar-refractivity contribution in [2.45, 2.75) is 25.4 Å². The van der Waals surface area contributed by atoms with Gasteiger partial charge in [-0.15, -0.1) is 0 Å². The number of thioether (sulfide) groups is 1. The van der Waals surface area contributed by atoms with Crippen molar-refractivity contribution in [3.05, 3.63) is 29.6 Å². The van der Waals surface area contributed by atoms with Crippen molar-refractivity contribution in [2.24, 2.45) is 0 Å². The molecule has 0 aromatic heterocycles. The van der Waals surface area contributed by atoms with E-state index in [9.17, 15) is 4.39 Å². The Hall–Kier alpha value is -0.740. The van der Waals surface area contributed by atoms with E-state index in [1.165, 1.54) is 24.7 Å². The third-order valence-electron chi connectivity index (χ3n) is 3.09. The molecule has 100 valence electrons. The maximum absolute atomic E-state index is 13.0. The van der Waals surface area contributed by atoms with E-state index < -0.39 is 0 Å². The number of unbranched alkanes of at least 4 members (excludes halogenated alkanes) is 1. The van der Waals surface area contributed by atoms with Gasteiger partial charge in [0.25, 0.3) is 0 Å². The molecule has 0 bridgehead atoms. The highest BCUT2D eigenvalue weighted by atomic mass is 32.2. The largest absolute Gasteiger partial charge is 0.488 e. The first-order valence-electron chi connectivity index (χ1n) is 6.44. The minimum atomic E-state index is -0.178. The average molecular weight is 269 g/mol. The van der Waals surface area contributed by atoms with Crippen molar-refractivity contribution in [3.63, 3.8) is 0 Å². The van der Waals surface area contributed by atoms with Crippen LogP contribution in [0.15, 0.2) is 18.2 Å². The first-order valence-corrected chi connectivity index (χ1v) is 7.83. The van der Waals surface area contributed by atoms with E-state index >= 15 is 0 Å². The molecule has 1 unspecified atom stereocenters. The molecule has 0 amide bonds. The Bertz CT molecular complexity index is 386. The molecule has 0 fully saturated rings. The van der Waals surface area contributed by atoms with Crippen LogP contribution in [0.4, 0.5) is 4.39 Å². The molecule has 1 heterocycles. The van der Waals surface area contributed by atoms with Gasteiger partial charge >= 0.3 is 0 Å². The second-order valence-electron chi connectivity index (χ2n) is 4.60. The van der Waals surface area contributed by atoms with Crippen LogP contribution in [0.25, 0.3) is 0 Å². The maximum atomic E-state index is 13.0. The van der Waals surface area contributed by atoms with E-state index in [-0.39, 0.29) is 11.9 Å². The van der Waals surface area contributed by atoms with Crippen LogP contribution < -0.4 is 10.1 Å². The Morgan fingerprint density at radius 2 is 2.33 bits per heavy atom. The number of nitrogens with one attached hydrogen (secondary N) is 1. The Morgan fingerprint density at radius 3 is 3.17 bits per heavy atom. The zero-order valence-corrected chi connectivity index (χ0v) is 11.6. The lowest BCUT2D eigenvalue weighted by atomic mass is 10.1. The lowest BCUT2D eigenvalue weighted by molar-refractivity contribution is 0.227. The smallest absolute Gasteiger partial charge is 0.123 e. The van der Waals surface area contributed by atoms with Gasteiger partial charge in [-0.05, 0) is 49.6 Å². The molecule has 1 atom stereocenters. The van der Waals surface area contributed by atoms with E-state index in [0.717, 1.165) is 30.8 Å². The van der Waals surface area contributed by atoms with Crippen LogP contribution >= 0.6 is 11.8 Å². The quantitative estimate of drug-likeness (QED) is 0.769. The molecule has 0 radical (unpaired) electrons. The summed E-state index contributed by atoms with van der Waals surface area (Å²) in [6.45, 7) is 1.88. The van der Waals surface area contributed by atoms with Crippen molar-refractivity contribution in [2.75, 3.05) is 25.1 Å². The molecule has 1 N–H and O–H groups in total. The number of halogens is 1. The Kier molecular flexibility index (Phi) is 5.32. The molecule has 1 aromatic rings. The number of hydrogen-bond acceptors (Lipinski definition) is 3. The summed E-state index contributed by atoms with van der Waals surface area (Å²) in [6.07, 6.45) is 5.56. The third-order valence-corrected chi connectivity index (χ3v) is 3.78. The number of hydrogen-bond donors (Lipinski definition) is 1. The van der Waals surface area contributed by atoms with Crippen LogP contribution in [0.5, 0.6) is 5.75 Å². The van der Waals surface area contributed by atoms with Gasteiger partial charge in [0.15, 0.2) is 0 Å². The van der Waals surface area contributed by atoms with Crippen molar-refractivity contribution in [1.82, 2.24) is 5.32 Å². The van der Waals surface area contributed by atoms with E-state index in [0.29, 0.717) is 0 Å². The summed E-state index contributed by atoms with van der Waals surface area (Å²) in [5.41, 5.74) is 0.990. The Labute approximate surface area is 112 Å². The zero-order chi connectivity index (χ0) is 12.8. The molecule has 18 heavy (non-hydrogen) atoms. The van der Waals surface area contributed by atoms with Gasteiger partial charge in [0, 0.05) is 18.5 Å². The highest BCUT2D eigenvalue weighted by Gasteiger charge is 2.22. The monoisotopic (exact) mass is 269 g/mol. The second kappa shape index (κ2) is 7.00. The van der Waals surface area contributed by atoms with Crippen LogP contribution in [0, 0.1) is 5.82 Å². The fraction of sp³-hybridized carbons (Fsp3) is 0.571. The van der Waals surface area contributed by atoms with Crippen LogP contribution in [0.3, 0.4) is 0 Å². The average Bonchev–Trinajstić information content (AvgIpc) is 2.75. The normalized spacial score (nSPS) is 17.6. The predicted molar refractivity (Wildman–Crippen MR) is 75.0 cm³/mol.